The first-order valence-electron chi connectivity index (χ1n) is 7.10. The minimum absolute atomic E-state index is 0.179. The van der Waals surface area contributed by atoms with E-state index < -0.39 is 0 Å². The second-order valence-corrected chi connectivity index (χ2v) is 5.38. The Balaban J connectivity index is 2.12. The Labute approximate surface area is 130 Å². The molecular formula is C15H21ClN4O. The molecule has 1 aromatic carbocycles. The van der Waals surface area contributed by atoms with Crippen LogP contribution in [0.1, 0.15) is 37.7 Å². The van der Waals surface area contributed by atoms with Gasteiger partial charge in [-0.2, -0.15) is 5.10 Å². The van der Waals surface area contributed by atoms with E-state index in [0.29, 0.717) is 11.6 Å². The molecule has 0 spiro atoms. The molecule has 0 saturated carbocycles. The average Bonchev–Trinajstić information content (AvgIpc) is 2.88. The quantitative estimate of drug-likeness (QED) is 0.854. The molecule has 0 aliphatic rings. The van der Waals surface area contributed by atoms with Crippen molar-refractivity contribution in [1.29, 1.82) is 0 Å². The van der Waals surface area contributed by atoms with Crippen LogP contribution in [-0.2, 0) is 13.7 Å². The van der Waals surface area contributed by atoms with E-state index in [-0.39, 0.29) is 6.04 Å². The van der Waals surface area contributed by atoms with Crippen molar-refractivity contribution < 1.29 is 4.74 Å². The molecular weight excluding hydrogens is 288 g/mol. The SMILES string of the molecule is CCCNC(C)c1cc(Cl)ccc1OCc1ncnn1C. The van der Waals surface area contributed by atoms with Gasteiger partial charge in [-0.25, -0.2) is 4.98 Å². The van der Waals surface area contributed by atoms with E-state index in [9.17, 15) is 0 Å². The summed E-state index contributed by atoms with van der Waals surface area (Å²) < 4.78 is 7.60. The monoisotopic (exact) mass is 308 g/mol. The van der Waals surface area contributed by atoms with Crippen molar-refractivity contribution in [3.05, 3.63) is 40.9 Å². The lowest BCUT2D eigenvalue weighted by Gasteiger charge is -2.18. The summed E-state index contributed by atoms with van der Waals surface area (Å²) in [6.45, 7) is 5.59. The average molecular weight is 309 g/mol. The summed E-state index contributed by atoms with van der Waals surface area (Å²) in [5, 5.41) is 8.19. The number of ether oxygens (including phenoxy) is 1. The van der Waals surface area contributed by atoms with Crippen LogP contribution in [0.15, 0.2) is 24.5 Å². The molecule has 0 aliphatic carbocycles. The third kappa shape index (κ3) is 4.19. The molecule has 0 fully saturated rings. The van der Waals surface area contributed by atoms with Gasteiger partial charge in [0.2, 0.25) is 0 Å². The predicted octanol–water partition coefficient (Wildman–Crippen LogP) is 3.11. The number of halogens is 1. The second kappa shape index (κ2) is 7.43. The Bertz CT molecular complexity index is 585. The molecule has 1 unspecified atom stereocenters. The van der Waals surface area contributed by atoms with E-state index in [2.05, 4.69) is 29.2 Å². The molecule has 0 radical (unpaired) electrons. The number of aryl methyl sites for hydroxylation is 1. The van der Waals surface area contributed by atoms with Crippen molar-refractivity contribution in [3.8, 4) is 5.75 Å². The molecule has 1 N–H and O–H groups in total. The van der Waals surface area contributed by atoms with E-state index in [1.54, 1.807) is 4.68 Å². The Morgan fingerprint density at radius 1 is 1.43 bits per heavy atom. The highest BCUT2D eigenvalue weighted by Gasteiger charge is 2.13. The first-order chi connectivity index (χ1) is 10.1. The van der Waals surface area contributed by atoms with Crippen molar-refractivity contribution in [1.82, 2.24) is 20.1 Å². The lowest BCUT2D eigenvalue weighted by atomic mass is 10.1. The fourth-order valence-electron chi connectivity index (χ4n) is 2.05. The van der Waals surface area contributed by atoms with Crippen LogP contribution in [0.5, 0.6) is 5.75 Å². The molecule has 5 nitrogen and oxygen atoms in total. The number of hydrogen-bond donors (Lipinski definition) is 1. The highest BCUT2D eigenvalue weighted by atomic mass is 35.5. The van der Waals surface area contributed by atoms with Gasteiger partial charge in [-0.15, -0.1) is 0 Å². The summed E-state index contributed by atoms with van der Waals surface area (Å²) in [5.74, 6) is 1.60. The van der Waals surface area contributed by atoms with Crippen molar-refractivity contribution in [2.45, 2.75) is 32.9 Å². The first-order valence-corrected chi connectivity index (χ1v) is 7.48. The van der Waals surface area contributed by atoms with Crippen molar-refractivity contribution in [2.24, 2.45) is 7.05 Å². The van der Waals surface area contributed by atoms with Gasteiger partial charge >= 0.3 is 0 Å². The van der Waals surface area contributed by atoms with E-state index in [4.69, 9.17) is 16.3 Å². The van der Waals surface area contributed by atoms with Crippen molar-refractivity contribution in [3.63, 3.8) is 0 Å². The van der Waals surface area contributed by atoms with E-state index in [0.717, 1.165) is 30.1 Å². The number of nitrogens with one attached hydrogen (secondary N) is 1. The second-order valence-electron chi connectivity index (χ2n) is 4.95. The van der Waals surface area contributed by atoms with Crippen molar-refractivity contribution >= 4 is 11.6 Å². The maximum atomic E-state index is 6.11. The molecule has 6 heteroatoms. The van der Waals surface area contributed by atoms with Crippen LogP contribution in [0.4, 0.5) is 0 Å². The van der Waals surface area contributed by atoms with Gasteiger partial charge in [-0.3, -0.25) is 4.68 Å². The zero-order valence-electron chi connectivity index (χ0n) is 12.6. The molecule has 1 heterocycles. The molecule has 0 amide bonds. The lowest BCUT2D eigenvalue weighted by Crippen LogP contribution is -2.20. The summed E-state index contributed by atoms with van der Waals surface area (Å²) in [6, 6.07) is 5.86. The largest absolute Gasteiger partial charge is 0.485 e. The highest BCUT2D eigenvalue weighted by molar-refractivity contribution is 6.30. The van der Waals surface area contributed by atoms with Gasteiger partial charge in [-0.05, 0) is 38.1 Å². The van der Waals surface area contributed by atoms with Gasteiger partial charge in [0.1, 0.15) is 18.7 Å². The molecule has 0 aliphatic heterocycles. The first kappa shape index (κ1) is 15.8. The highest BCUT2D eigenvalue weighted by Crippen LogP contribution is 2.29. The van der Waals surface area contributed by atoms with Crippen LogP contribution in [0.25, 0.3) is 0 Å². The minimum Gasteiger partial charge on any atom is -0.485 e. The third-order valence-electron chi connectivity index (χ3n) is 3.30. The van der Waals surface area contributed by atoms with E-state index >= 15 is 0 Å². The van der Waals surface area contributed by atoms with Gasteiger partial charge in [0.05, 0.1) is 0 Å². The van der Waals surface area contributed by atoms with Crippen LogP contribution >= 0.6 is 11.6 Å². The summed E-state index contributed by atoms with van der Waals surface area (Å²) >= 11 is 6.11. The van der Waals surface area contributed by atoms with Gasteiger partial charge in [0.15, 0.2) is 5.82 Å². The Hall–Kier alpha value is -1.59. The molecule has 2 rings (SSSR count). The summed E-state index contributed by atoms with van der Waals surface area (Å²) in [7, 11) is 1.85. The van der Waals surface area contributed by atoms with E-state index in [1.165, 1.54) is 6.33 Å². The Kier molecular flexibility index (Phi) is 5.59. The smallest absolute Gasteiger partial charge is 0.164 e. The summed E-state index contributed by atoms with van der Waals surface area (Å²) in [4.78, 5) is 4.16. The lowest BCUT2D eigenvalue weighted by molar-refractivity contribution is 0.284. The maximum absolute atomic E-state index is 6.11. The molecule has 0 saturated heterocycles. The minimum atomic E-state index is 0.179. The maximum Gasteiger partial charge on any atom is 0.164 e. The van der Waals surface area contributed by atoms with Crippen LogP contribution < -0.4 is 10.1 Å². The molecule has 0 bridgehead atoms. The predicted molar refractivity (Wildman–Crippen MR) is 83.5 cm³/mol. The van der Waals surface area contributed by atoms with Gasteiger partial charge in [0, 0.05) is 23.7 Å². The van der Waals surface area contributed by atoms with E-state index in [1.807, 2.05) is 25.2 Å². The number of hydrogen-bond acceptors (Lipinski definition) is 4. The summed E-state index contributed by atoms with van der Waals surface area (Å²) in [5.41, 5.74) is 1.05. The van der Waals surface area contributed by atoms with Crippen LogP contribution in [-0.4, -0.2) is 21.3 Å². The number of nitrogens with zero attached hydrogens (tertiary/aromatic N) is 3. The fourth-order valence-corrected chi connectivity index (χ4v) is 2.23. The topological polar surface area (TPSA) is 52.0 Å². The Morgan fingerprint density at radius 2 is 2.24 bits per heavy atom. The van der Waals surface area contributed by atoms with Gasteiger partial charge in [-0.1, -0.05) is 18.5 Å². The molecule has 1 aromatic heterocycles. The van der Waals surface area contributed by atoms with Crippen LogP contribution in [0.2, 0.25) is 5.02 Å². The number of aromatic nitrogens is 3. The molecule has 2 aromatic rings. The Morgan fingerprint density at radius 3 is 2.90 bits per heavy atom. The van der Waals surface area contributed by atoms with Gasteiger partial charge < -0.3 is 10.1 Å². The molecule has 1 atom stereocenters. The zero-order chi connectivity index (χ0) is 15.2. The summed E-state index contributed by atoms with van der Waals surface area (Å²) in [6.07, 6.45) is 2.60. The third-order valence-corrected chi connectivity index (χ3v) is 3.54. The van der Waals surface area contributed by atoms with Crippen LogP contribution in [0, 0.1) is 0 Å². The van der Waals surface area contributed by atoms with Crippen LogP contribution in [0.3, 0.4) is 0 Å². The fraction of sp³-hybridized carbons (Fsp3) is 0.467. The van der Waals surface area contributed by atoms with Gasteiger partial charge in [0.25, 0.3) is 0 Å². The standard InChI is InChI=1S/C15H21ClN4O/c1-4-7-17-11(2)13-8-12(16)5-6-14(13)21-9-15-18-10-19-20(15)3/h5-6,8,10-11,17H,4,7,9H2,1-3H3. The zero-order valence-corrected chi connectivity index (χ0v) is 13.4. The molecule has 114 valence electrons. The van der Waals surface area contributed by atoms with Crippen molar-refractivity contribution in [2.75, 3.05) is 6.54 Å². The number of benzene rings is 1. The number of rotatable bonds is 7. The normalized spacial score (nSPS) is 12.4. The molecule has 21 heavy (non-hydrogen) atoms.